The molecule has 0 aliphatic carbocycles. The Labute approximate surface area is 165 Å². The number of guanidine groups is 1. The summed E-state index contributed by atoms with van der Waals surface area (Å²) in [7, 11) is 0. The van der Waals surface area contributed by atoms with Crippen LogP contribution in [0.4, 0.5) is 11.4 Å². The molecule has 2 unspecified atom stereocenters. The number of anilines is 2. The molecule has 3 heteroatoms. The average molecular weight is 365 g/mol. The van der Waals surface area contributed by atoms with E-state index >= 15 is 0 Å². The largest absolute Gasteiger partial charge is 0.307 e. The fourth-order valence-electron chi connectivity index (χ4n) is 4.44. The van der Waals surface area contributed by atoms with Crippen LogP contribution < -0.4 is 9.80 Å². The van der Waals surface area contributed by atoms with Crippen molar-refractivity contribution in [1.29, 1.82) is 5.41 Å². The molecular weight excluding hydrogens is 342 g/mol. The summed E-state index contributed by atoms with van der Waals surface area (Å²) in [6, 6.07) is 29.9. The summed E-state index contributed by atoms with van der Waals surface area (Å²) in [6.07, 6.45) is 0. The third-order valence-corrected chi connectivity index (χ3v) is 6.02. The molecule has 0 spiro atoms. The Morgan fingerprint density at radius 1 is 0.571 bits per heavy atom. The molecule has 0 radical (unpaired) electrons. The van der Waals surface area contributed by atoms with E-state index in [1.54, 1.807) is 0 Å². The van der Waals surface area contributed by atoms with Crippen LogP contribution in [0, 0.1) is 5.41 Å². The Bertz CT molecular complexity index is 1090. The van der Waals surface area contributed by atoms with Gasteiger partial charge in [0.1, 0.15) is 0 Å². The van der Waals surface area contributed by atoms with Crippen molar-refractivity contribution in [2.75, 3.05) is 9.80 Å². The van der Waals surface area contributed by atoms with Crippen molar-refractivity contribution in [1.82, 2.24) is 0 Å². The van der Waals surface area contributed by atoms with E-state index in [4.69, 9.17) is 5.41 Å². The number of hydrogen-bond donors (Lipinski definition) is 1. The summed E-state index contributed by atoms with van der Waals surface area (Å²) in [4.78, 5) is 4.35. The van der Waals surface area contributed by atoms with Crippen LogP contribution in [0.15, 0.2) is 84.9 Å². The number of fused-ring (bicyclic) bond motifs is 2. The number of nitrogens with zero attached hydrogens (tertiary/aromatic N) is 2. The van der Waals surface area contributed by atoms with Crippen LogP contribution in [0.25, 0.3) is 21.5 Å². The predicted molar refractivity (Wildman–Crippen MR) is 120 cm³/mol. The number of rotatable bonds is 2. The molecule has 28 heavy (non-hydrogen) atoms. The van der Waals surface area contributed by atoms with E-state index in [1.807, 2.05) is 0 Å². The summed E-state index contributed by atoms with van der Waals surface area (Å²) < 4.78 is 0. The lowest BCUT2D eigenvalue weighted by Crippen LogP contribution is -2.35. The number of nitrogens with one attached hydrogen (secondary N) is 1. The van der Waals surface area contributed by atoms with Crippen LogP contribution in [-0.2, 0) is 0 Å². The first-order valence-electron chi connectivity index (χ1n) is 9.79. The SMILES string of the molecule is CC1C(C)N(c2cccc3ccccc23)C(=N)N1c1cccc2ccccc12. The number of benzene rings is 4. The maximum absolute atomic E-state index is 9.10. The highest BCUT2D eigenvalue weighted by atomic mass is 15.5. The second-order valence-electron chi connectivity index (χ2n) is 7.54. The van der Waals surface area contributed by atoms with Gasteiger partial charge in [-0.15, -0.1) is 0 Å². The van der Waals surface area contributed by atoms with Gasteiger partial charge in [-0.1, -0.05) is 72.8 Å². The van der Waals surface area contributed by atoms with Gasteiger partial charge in [0.2, 0.25) is 5.96 Å². The molecule has 1 heterocycles. The van der Waals surface area contributed by atoms with E-state index in [9.17, 15) is 0 Å². The maximum atomic E-state index is 9.10. The molecule has 0 aromatic heterocycles. The molecule has 1 fully saturated rings. The quantitative estimate of drug-likeness (QED) is 0.470. The first-order chi connectivity index (χ1) is 13.7. The lowest BCUT2D eigenvalue weighted by Gasteiger charge is -2.25. The van der Waals surface area contributed by atoms with Crippen molar-refractivity contribution in [3.63, 3.8) is 0 Å². The van der Waals surface area contributed by atoms with E-state index in [1.165, 1.54) is 21.5 Å². The molecule has 0 bridgehead atoms. The van der Waals surface area contributed by atoms with Gasteiger partial charge in [0.25, 0.3) is 0 Å². The Kier molecular flexibility index (Phi) is 3.83. The van der Waals surface area contributed by atoms with Crippen molar-refractivity contribution in [3.8, 4) is 0 Å². The molecule has 4 aromatic carbocycles. The topological polar surface area (TPSA) is 30.3 Å². The minimum Gasteiger partial charge on any atom is -0.307 e. The highest BCUT2D eigenvalue weighted by molar-refractivity contribution is 6.15. The number of hydrogen-bond acceptors (Lipinski definition) is 1. The lowest BCUT2D eigenvalue weighted by atomic mass is 10.1. The van der Waals surface area contributed by atoms with Crippen molar-refractivity contribution < 1.29 is 0 Å². The van der Waals surface area contributed by atoms with Crippen LogP contribution in [0.2, 0.25) is 0 Å². The fraction of sp³-hybridized carbons (Fsp3) is 0.160. The van der Waals surface area contributed by atoms with E-state index in [0.29, 0.717) is 5.96 Å². The van der Waals surface area contributed by atoms with E-state index in [2.05, 4.69) is 109 Å². The summed E-state index contributed by atoms with van der Waals surface area (Å²) in [6.45, 7) is 4.43. The van der Waals surface area contributed by atoms with Gasteiger partial charge >= 0.3 is 0 Å². The van der Waals surface area contributed by atoms with Crippen molar-refractivity contribution in [2.45, 2.75) is 25.9 Å². The van der Waals surface area contributed by atoms with Crippen LogP contribution >= 0.6 is 0 Å². The molecular formula is C25H23N3. The molecule has 0 saturated carbocycles. The molecule has 3 nitrogen and oxygen atoms in total. The molecule has 1 aliphatic rings. The van der Waals surface area contributed by atoms with Crippen molar-refractivity contribution in [2.24, 2.45) is 0 Å². The van der Waals surface area contributed by atoms with Crippen LogP contribution in [0.1, 0.15) is 13.8 Å². The Morgan fingerprint density at radius 3 is 1.43 bits per heavy atom. The van der Waals surface area contributed by atoms with Gasteiger partial charge in [0, 0.05) is 10.8 Å². The molecule has 1 N–H and O–H groups in total. The van der Waals surface area contributed by atoms with Gasteiger partial charge < -0.3 is 9.80 Å². The summed E-state index contributed by atoms with van der Waals surface area (Å²) >= 11 is 0. The second kappa shape index (κ2) is 6.38. The minimum absolute atomic E-state index is 0.192. The van der Waals surface area contributed by atoms with E-state index in [-0.39, 0.29) is 12.1 Å². The van der Waals surface area contributed by atoms with Crippen molar-refractivity contribution in [3.05, 3.63) is 84.9 Å². The van der Waals surface area contributed by atoms with Crippen LogP contribution in [0.5, 0.6) is 0 Å². The van der Waals surface area contributed by atoms with Crippen LogP contribution in [0.3, 0.4) is 0 Å². The van der Waals surface area contributed by atoms with Gasteiger partial charge in [-0.05, 0) is 36.8 Å². The van der Waals surface area contributed by atoms with Crippen molar-refractivity contribution >= 4 is 38.9 Å². The Balaban J connectivity index is 1.66. The average Bonchev–Trinajstić information content (AvgIpc) is 2.95. The molecule has 1 aliphatic heterocycles. The van der Waals surface area contributed by atoms with E-state index < -0.39 is 0 Å². The zero-order chi connectivity index (χ0) is 19.3. The summed E-state index contributed by atoms with van der Waals surface area (Å²) in [5.41, 5.74) is 2.20. The monoisotopic (exact) mass is 365 g/mol. The van der Waals surface area contributed by atoms with Gasteiger partial charge in [-0.3, -0.25) is 5.41 Å². The lowest BCUT2D eigenvalue weighted by molar-refractivity contribution is 0.648. The summed E-state index contributed by atoms with van der Waals surface area (Å²) in [5.74, 6) is 0.535. The molecule has 4 aromatic rings. The molecule has 138 valence electrons. The third kappa shape index (κ3) is 2.40. The zero-order valence-electron chi connectivity index (χ0n) is 16.1. The highest BCUT2D eigenvalue weighted by Crippen LogP contribution is 2.38. The Hall–Kier alpha value is -3.33. The maximum Gasteiger partial charge on any atom is 0.203 e. The second-order valence-corrected chi connectivity index (χ2v) is 7.54. The fourth-order valence-corrected chi connectivity index (χ4v) is 4.44. The zero-order valence-corrected chi connectivity index (χ0v) is 16.1. The normalized spacial score (nSPS) is 19.7. The standard InChI is InChI=1S/C25H23N3/c1-17-18(2)28(24-16-8-12-20-10-4-6-14-22(20)24)25(26)27(17)23-15-7-11-19-9-3-5-13-21(19)23/h3-18,26H,1-2H3. The molecule has 1 saturated heterocycles. The first kappa shape index (κ1) is 16.8. The highest BCUT2D eigenvalue weighted by Gasteiger charge is 2.40. The van der Waals surface area contributed by atoms with Gasteiger partial charge in [0.15, 0.2) is 0 Å². The first-order valence-corrected chi connectivity index (χ1v) is 9.79. The summed E-state index contributed by atoms with van der Waals surface area (Å²) in [5, 5.41) is 13.9. The molecule has 2 atom stereocenters. The van der Waals surface area contributed by atoms with Gasteiger partial charge in [-0.2, -0.15) is 0 Å². The Morgan fingerprint density at radius 2 is 0.964 bits per heavy atom. The molecule has 0 amide bonds. The van der Waals surface area contributed by atoms with E-state index in [0.717, 1.165) is 11.4 Å². The predicted octanol–water partition coefficient (Wildman–Crippen LogP) is 6.03. The third-order valence-electron chi connectivity index (χ3n) is 6.02. The molecule has 5 rings (SSSR count). The van der Waals surface area contributed by atoms with Crippen LogP contribution in [-0.4, -0.2) is 18.0 Å². The van der Waals surface area contributed by atoms with Gasteiger partial charge in [-0.25, -0.2) is 0 Å². The smallest absolute Gasteiger partial charge is 0.203 e. The minimum atomic E-state index is 0.192. The van der Waals surface area contributed by atoms with Gasteiger partial charge in [0.05, 0.1) is 23.5 Å².